The lowest BCUT2D eigenvalue weighted by molar-refractivity contribution is -0.128. The van der Waals surface area contributed by atoms with Crippen molar-refractivity contribution >= 4 is 23.4 Å². The van der Waals surface area contributed by atoms with Gasteiger partial charge in [0.05, 0.1) is 12.1 Å². The molecule has 1 heterocycles. The fourth-order valence-corrected chi connectivity index (χ4v) is 3.62. The molecule has 0 bridgehead atoms. The fraction of sp³-hybridized carbons (Fsp3) is 0.391. The molecule has 5 nitrogen and oxygen atoms in total. The van der Waals surface area contributed by atoms with Gasteiger partial charge in [-0.25, -0.2) is 0 Å². The van der Waals surface area contributed by atoms with Gasteiger partial charge in [0.1, 0.15) is 0 Å². The van der Waals surface area contributed by atoms with Gasteiger partial charge in [-0.2, -0.15) is 0 Å². The van der Waals surface area contributed by atoms with E-state index in [1.165, 1.54) is 0 Å². The topological polar surface area (TPSA) is 61.4 Å². The van der Waals surface area contributed by atoms with E-state index < -0.39 is 0 Å². The normalized spacial score (nSPS) is 16.0. The number of likely N-dealkylation sites (tertiary alicyclic amines) is 1. The van der Waals surface area contributed by atoms with E-state index in [2.05, 4.69) is 16.7 Å². The average Bonchev–Trinajstić information content (AvgIpc) is 3.12. The molecule has 1 aliphatic rings. The summed E-state index contributed by atoms with van der Waals surface area (Å²) in [6.07, 6.45) is 1.58. The Bertz CT molecular complexity index is 853. The summed E-state index contributed by atoms with van der Waals surface area (Å²) < 4.78 is 0. The van der Waals surface area contributed by atoms with Crippen molar-refractivity contribution in [1.29, 1.82) is 0 Å². The molecule has 2 atom stereocenters. The maximum Gasteiger partial charge on any atom is 0.237 e. The Hall–Kier alpha value is -2.37. The first-order valence-corrected chi connectivity index (χ1v) is 10.5. The zero-order valence-corrected chi connectivity index (χ0v) is 17.7. The van der Waals surface area contributed by atoms with Crippen molar-refractivity contribution in [2.24, 2.45) is 0 Å². The van der Waals surface area contributed by atoms with Gasteiger partial charge in [0.15, 0.2) is 0 Å². The second-order valence-corrected chi connectivity index (χ2v) is 8.01. The van der Waals surface area contributed by atoms with Crippen LogP contribution in [0, 0.1) is 0 Å². The predicted molar refractivity (Wildman–Crippen MR) is 115 cm³/mol. The third-order valence-corrected chi connectivity index (χ3v) is 5.62. The second-order valence-electron chi connectivity index (χ2n) is 7.57. The molecule has 3 rings (SSSR count). The Balaban J connectivity index is 1.54. The number of halogens is 1. The van der Waals surface area contributed by atoms with Gasteiger partial charge in [-0.3, -0.25) is 9.59 Å². The minimum absolute atomic E-state index is 0.0559. The lowest BCUT2D eigenvalue weighted by atomic mass is 10.1. The van der Waals surface area contributed by atoms with Crippen molar-refractivity contribution in [1.82, 2.24) is 15.5 Å². The van der Waals surface area contributed by atoms with Gasteiger partial charge >= 0.3 is 0 Å². The first-order chi connectivity index (χ1) is 13.9. The van der Waals surface area contributed by atoms with E-state index in [1.54, 1.807) is 0 Å². The maximum atomic E-state index is 12.6. The highest BCUT2D eigenvalue weighted by Gasteiger charge is 2.21. The molecule has 6 heteroatoms. The monoisotopic (exact) mass is 413 g/mol. The van der Waals surface area contributed by atoms with Crippen LogP contribution >= 0.6 is 11.6 Å². The third kappa shape index (κ3) is 5.81. The second kappa shape index (κ2) is 9.90. The number of benzene rings is 2. The largest absolute Gasteiger partial charge is 0.348 e. The van der Waals surface area contributed by atoms with Crippen LogP contribution < -0.4 is 10.6 Å². The fourth-order valence-electron chi connectivity index (χ4n) is 3.49. The molecular weight excluding hydrogens is 386 g/mol. The van der Waals surface area contributed by atoms with Crippen LogP contribution in [0.25, 0.3) is 0 Å². The van der Waals surface area contributed by atoms with Crippen LogP contribution in [0.15, 0.2) is 48.5 Å². The maximum absolute atomic E-state index is 12.6. The van der Waals surface area contributed by atoms with E-state index in [4.69, 9.17) is 11.6 Å². The Kier molecular flexibility index (Phi) is 7.29. The van der Waals surface area contributed by atoms with E-state index >= 15 is 0 Å². The van der Waals surface area contributed by atoms with Crippen molar-refractivity contribution in [3.63, 3.8) is 0 Å². The van der Waals surface area contributed by atoms with E-state index in [1.807, 2.05) is 61.2 Å². The number of hydrogen-bond acceptors (Lipinski definition) is 3. The zero-order valence-electron chi connectivity index (χ0n) is 17.0. The molecule has 1 aliphatic heterocycles. The van der Waals surface area contributed by atoms with E-state index in [0.717, 1.165) is 29.7 Å². The average molecular weight is 414 g/mol. The highest BCUT2D eigenvalue weighted by molar-refractivity contribution is 6.30. The van der Waals surface area contributed by atoms with Gasteiger partial charge in [0.2, 0.25) is 11.8 Å². The summed E-state index contributed by atoms with van der Waals surface area (Å²) in [5.74, 6) is 0.163. The van der Waals surface area contributed by atoms with Crippen LogP contribution in [0.5, 0.6) is 0 Å². The standard InChI is InChI=1S/C23H28ClN3O2/c1-16(18-9-11-21(24)12-10-18)26-23(29)17(2)25-14-19-6-3-4-7-20(19)15-27-13-5-8-22(27)28/h3-4,6-7,9-12,16-17,25H,5,8,13-15H2,1-2H3,(H,26,29). The minimum Gasteiger partial charge on any atom is -0.348 e. The number of carbonyl (C=O) groups excluding carboxylic acids is 2. The Morgan fingerprint density at radius 3 is 2.45 bits per heavy atom. The Labute approximate surface area is 177 Å². The van der Waals surface area contributed by atoms with Crippen LogP contribution in [-0.2, 0) is 22.7 Å². The predicted octanol–water partition coefficient (Wildman–Crippen LogP) is 3.82. The van der Waals surface area contributed by atoms with Gasteiger partial charge in [-0.15, -0.1) is 0 Å². The van der Waals surface area contributed by atoms with Crippen molar-refractivity contribution in [3.05, 3.63) is 70.2 Å². The zero-order chi connectivity index (χ0) is 20.8. The molecule has 2 aromatic rings. The molecule has 0 radical (unpaired) electrons. The number of nitrogens with one attached hydrogen (secondary N) is 2. The highest BCUT2D eigenvalue weighted by atomic mass is 35.5. The van der Waals surface area contributed by atoms with Crippen molar-refractivity contribution in [3.8, 4) is 0 Å². The number of amides is 2. The number of nitrogens with zero attached hydrogens (tertiary/aromatic N) is 1. The van der Waals surface area contributed by atoms with Gasteiger partial charge < -0.3 is 15.5 Å². The summed E-state index contributed by atoms with van der Waals surface area (Å²) in [5, 5.41) is 7.02. The quantitative estimate of drug-likeness (QED) is 0.691. The summed E-state index contributed by atoms with van der Waals surface area (Å²) >= 11 is 5.93. The molecule has 2 unspecified atom stereocenters. The number of hydrogen-bond donors (Lipinski definition) is 2. The summed E-state index contributed by atoms with van der Waals surface area (Å²) in [4.78, 5) is 26.4. The van der Waals surface area contributed by atoms with Gasteiger partial charge in [0, 0.05) is 31.1 Å². The molecule has 0 spiro atoms. The van der Waals surface area contributed by atoms with Crippen LogP contribution in [0.4, 0.5) is 0 Å². The van der Waals surface area contributed by atoms with Crippen molar-refractivity contribution in [2.75, 3.05) is 6.54 Å². The lowest BCUT2D eigenvalue weighted by Gasteiger charge is -2.21. The third-order valence-electron chi connectivity index (χ3n) is 5.37. The molecule has 0 saturated carbocycles. The van der Waals surface area contributed by atoms with Crippen molar-refractivity contribution in [2.45, 2.75) is 51.9 Å². The molecule has 0 aliphatic carbocycles. The molecule has 1 saturated heterocycles. The smallest absolute Gasteiger partial charge is 0.237 e. The molecule has 1 fully saturated rings. The minimum atomic E-state index is -0.341. The molecule has 0 aromatic heterocycles. The van der Waals surface area contributed by atoms with E-state index in [0.29, 0.717) is 24.5 Å². The summed E-state index contributed by atoms with van der Waals surface area (Å²) in [6, 6.07) is 15.1. The number of carbonyl (C=O) groups is 2. The summed E-state index contributed by atoms with van der Waals surface area (Å²) in [6.45, 7) is 5.84. The molecular formula is C23H28ClN3O2. The molecule has 2 aromatic carbocycles. The summed E-state index contributed by atoms with van der Waals surface area (Å²) in [5.41, 5.74) is 3.24. The van der Waals surface area contributed by atoms with Crippen LogP contribution in [0.1, 0.15) is 49.4 Å². The van der Waals surface area contributed by atoms with Crippen molar-refractivity contribution < 1.29 is 9.59 Å². The molecule has 154 valence electrons. The van der Waals surface area contributed by atoms with Crippen LogP contribution in [0.2, 0.25) is 5.02 Å². The van der Waals surface area contributed by atoms with E-state index in [-0.39, 0.29) is 23.9 Å². The van der Waals surface area contributed by atoms with Gasteiger partial charge in [0.25, 0.3) is 0 Å². The molecule has 29 heavy (non-hydrogen) atoms. The Morgan fingerprint density at radius 1 is 1.10 bits per heavy atom. The first kappa shape index (κ1) is 21.3. The van der Waals surface area contributed by atoms with Gasteiger partial charge in [-0.1, -0.05) is 48.0 Å². The van der Waals surface area contributed by atoms with Crippen LogP contribution in [-0.4, -0.2) is 29.3 Å². The molecule has 2 amide bonds. The lowest BCUT2D eigenvalue weighted by Crippen LogP contribution is -2.42. The SMILES string of the molecule is CC(NCc1ccccc1CN1CCCC1=O)C(=O)NC(C)c1ccc(Cl)cc1. The van der Waals surface area contributed by atoms with Crippen LogP contribution in [0.3, 0.4) is 0 Å². The van der Waals surface area contributed by atoms with Gasteiger partial charge in [-0.05, 0) is 49.1 Å². The summed E-state index contributed by atoms with van der Waals surface area (Å²) in [7, 11) is 0. The van der Waals surface area contributed by atoms with E-state index in [9.17, 15) is 9.59 Å². The Morgan fingerprint density at radius 2 is 1.79 bits per heavy atom. The highest BCUT2D eigenvalue weighted by Crippen LogP contribution is 2.18. The molecule has 2 N–H and O–H groups in total. The first-order valence-electron chi connectivity index (χ1n) is 10.1. The number of rotatable bonds is 8.